The zero-order chi connectivity index (χ0) is 25.4. The highest BCUT2D eigenvalue weighted by Crippen LogP contribution is 2.42. The number of pyridine rings is 1. The number of benzene rings is 2. The average molecular weight is 515 g/mol. The molecule has 0 saturated carbocycles. The lowest BCUT2D eigenvalue weighted by Crippen LogP contribution is -2.42. The van der Waals surface area contributed by atoms with Crippen LogP contribution in [0.4, 0.5) is 5.69 Å². The van der Waals surface area contributed by atoms with Crippen molar-refractivity contribution in [3.63, 3.8) is 0 Å². The van der Waals surface area contributed by atoms with E-state index in [1.54, 1.807) is 12.1 Å². The van der Waals surface area contributed by atoms with Gasteiger partial charge in [-0.15, -0.1) is 0 Å². The molecule has 3 aliphatic rings. The second-order valence-corrected chi connectivity index (χ2v) is 11.0. The number of hydrogen-bond acceptors (Lipinski definition) is 4. The molecule has 7 heteroatoms. The number of rotatable bonds is 4. The van der Waals surface area contributed by atoms with Gasteiger partial charge < -0.3 is 15.1 Å². The largest absolute Gasteiger partial charge is 0.371 e. The Bertz CT molecular complexity index is 1320. The molecule has 1 spiro atoms. The first kappa shape index (κ1) is 24.0. The second kappa shape index (κ2) is 9.82. The van der Waals surface area contributed by atoms with E-state index in [1.165, 1.54) is 5.69 Å². The Morgan fingerprint density at radius 3 is 2.51 bits per heavy atom. The van der Waals surface area contributed by atoms with Gasteiger partial charge in [0.25, 0.3) is 11.8 Å². The number of likely N-dealkylation sites (tertiary alicyclic amines) is 1. The molecule has 0 unspecified atom stereocenters. The maximum Gasteiger partial charge on any atom is 0.253 e. The van der Waals surface area contributed by atoms with Crippen LogP contribution in [0.3, 0.4) is 0 Å². The summed E-state index contributed by atoms with van der Waals surface area (Å²) in [6.45, 7) is 3.70. The number of halogens is 1. The number of fused-ring (bicyclic) bond motifs is 1. The van der Waals surface area contributed by atoms with Gasteiger partial charge in [-0.2, -0.15) is 0 Å². The second-order valence-electron chi connectivity index (χ2n) is 10.6. The lowest BCUT2D eigenvalue weighted by Gasteiger charge is -2.40. The van der Waals surface area contributed by atoms with Gasteiger partial charge in [-0.05, 0) is 85.0 Å². The van der Waals surface area contributed by atoms with Crippen LogP contribution in [0.5, 0.6) is 0 Å². The predicted molar refractivity (Wildman–Crippen MR) is 145 cm³/mol. The minimum Gasteiger partial charge on any atom is -0.371 e. The van der Waals surface area contributed by atoms with Gasteiger partial charge in [0.15, 0.2) is 0 Å². The smallest absolute Gasteiger partial charge is 0.253 e. The fourth-order valence-corrected chi connectivity index (χ4v) is 6.50. The van der Waals surface area contributed by atoms with Crippen LogP contribution in [-0.2, 0) is 6.42 Å². The number of hydrogen-bond donors (Lipinski definition) is 1. The molecule has 2 fully saturated rings. The molecule has 190 valence electrons. The molecule has 37 heavy (non-hydrogen) atoms. The Labute approximate surface area is 222 Å². The summed E-state index contributed by atoms with van der Waals surface area (Å²) in [7, 11) is 0. The molecule has 1 N–H and O–H groups in total. The van der Waals surface area contributed by atoms with Gasteiger partial charge in [-0.3, -0.25) is 14.6 Å². The molecule has 0 radical (unpaired) electrons. The normalized spacial score (nSPS) is 20.2. The number of aromatic nitrogens is 1. The molecular formula is C30H31ClN4O2. The van der Waals surface area contributed by atoms with Gasteiger partial charge in [0.1, 0.15) is 0 Å². The van der Waals surface area contributed by atoms with Crippen molar-refractivity contribution in [2.24, 2.45) is 5.41 Å². The lowest BCUT2D eigenvalue weighted by atomic mass is 9.77. The molecule has 1 aromatic heterocycles. The summed E-state index contributed by atoms with van der Waals surface area (Å²) in [5.41, 5.74) is 4.94. The minimum absolute atomic E-state index is 0.0661. The lowest BCUT2D eigenvalue weighted by molar-refractivity contribution is 0.0764. The molecule has 3 heterocycles. The van der Waals surface area contributed by atoms with Crippen molar-refractivity contribution in [1.82, 2.24) is 15.2 Å². The van der Waals surface area contributed by atoms with Crippen molar-refractivity contribution in [1.29, 1.82) is 0 Å². The van der Waals surface area contributed by atoms with Crippen molar-refractivity contribution in [2.75, 3.05) is 31.1 Å². The summed E-state index contributed by atoms with van der Waals surface area (Å²) >= 11 is 6.20. The van der Waals surface area contributed by atoms with E-state index in [2.05, 4.69) is 32.2 Å². The van der Waals surface area contributed by atoms with E-state index in [9.17, 15) is 9.59 Å². The van der Waals surface area contributed by atoms with Crippen molar-refractivity contribution in [3.8, 4) is 0 Å². The molecule has 2 amide bonds. The Balaban J connectivity index is 1.09. The summed E-state index contributed by atoms with van der Waals surface area (Å²) in [6, 6.07) is 17.2. The van der Waals surface area contributed by atoms with E-state index >= 15 is 0 Å². The molecular weight excluding hydrogens is 484 g/mol. The van der Waals surface area contributed by atoms with Crippen LogP contribution >= 0.6 is 11.6 Å². The first-order valence-corrected chi connectivity index (χ1v) is 13.5. The predicted octanol–water partition coefficient (Wildman–Crippen LogP) is 5.29. The number of carbonyl (C=O) groups is 2. The van der Waals surface area contributed by atoms with Crippen LogP contribution in [0.1, 0.15) is 63.6 Å². The van der Waals surface area contributed by atoms with Gasteiger partial charge in [0.05, 0.1) is 16.6 Å². The van der Waals surface area contributed by atoms with E-state index < -0.39 is 0 Å². The van der Waals surface area contributed by atoms with Gasteiger partial charge in [-0.1, -0.05) is 29.8 Å². The van der Waals surface area contributed by atoms with Crippen molar-refractivity contribution in [3.05, 3.63) is 94.3 Å². The zero-order valence-electron chi connectivity index (χ0n) is 20.8. The third-order valence-corrected chi connectivity index (χ3v) is 8.80. The molecule has 1 atom stereocenters. The number of piperidine rings is 1. The van der Waals surface area contributed by atoms with E-state index in [4.69, 9.17) is 11.6 Å². The van der Waals surface area contributed by atoms with Crippen LogP contribution in [0.2, 0.25) is 5.02 Å². The van der Waals surface area contributed by atoms with Gasteiger partial charge in [0, 0.05) is 49.8 Å². The number of carbonyl (C=O) groups excluding carboxylic acids is 2. The maximum absolute atomic E-state index is 13.5. The summed E-state index contributed by atoms with van der Waals surface area (Å²) in [5.74, 6) is -0.0410. The van der Waals surface area contributed by atoms with E-state index in [-0.39, 0.29) is 23.3 Å². The number of anilines is 1. The first-order chi connectivity index (χ1) is 18.0. The average Bonchev–Trinajstić information content (AvgIpc) is 3.53. The summed E-state index contributed by atoms with van der Waals surface area (Å²) < 4.78 is 0. The van der Waals surface area contributed by atoms with Gasteiger partial charge in [-0.25, -0.2) is 0 Å². The van der Waals surface area contributed by atoms with Crippen molar-refractivity contribution >= 4 is 29.1 Å². The molecule has 1 aliphatic carbocycles. The molecule has 3 aromatic rings. The molecule has 2 aromatic carbocycles. The number of nitrogens with one attached hydrogen (secondary N) is 1. The van der Waals surface area contributed by atoms with Crippen LogP contribution in [0.15, 0.2) is 67.0 Å². The quantitative estimate of drug-likeness (QED) is 0.514. The molecule has 6 rings (SSSR count). The van der Waals surface area contributed by atoms with Crippen LogP contribution in [0.25, 0.3) is 0 Å². The van der Waals surface area contributed by atoms with Crippen molar-refractivity contribution in [2.45, 2.75) is 38.1 Å². The van der Waals surface area contributed by atoms with E-state index in [0.717, 1.165) is 75.0 Å². The monoisotopic (exact) mass is 514 g/mol. The van der Waals surface area contributed by atoms with Gasteiger partial charge >= 0.3 is 0 Å². The fraction of sp³-hybridized carbons (Fsp3) is 0.367. The Kier molecular flexibility index (Phi) is 6.37. The standard InChI is InChI=1S/C30H31ClN4O2/c31-26-4-2-1-3-25(26)28(36)33-27-8-6-21-19-22(5-7-24(21)27)29(37)35-18-13-30(20-35)11-16-34(17-12-30)23-9-14-32-15-10-23/h1-5,7,9-10,14-15,19,27H,6,8,11-13,16-18,20H2,(H,33,36)/t27-/m0/s1. The SMILES string of the molecule is O=C(N[C@H]1CCc2cc(C(=O)N3CCC4(CCN(c5ccncc5)CC4)C3)ccc21)c1ccccc1Cl. The highest BCUT2D eigenvalue weighted by Gasteiger charge is 2.42. The first-order valence-electron chi connectivity index (χ1n) is 13.1. The summed E-state index contributed by atoms with van der Waals surface area (Å²) in [6.07, 6.45) is 8.65. The maximum atomic E-state index is 13.5. The number of aryl methyl sites for hydroxylation is 1. The van der Waals surface area contributed by atoms with Gasteiger partial charge in [0.2, 0.25) is 0 Å². The third kappa shape index (κ3) is 4.71. The Morgan fingerprint density at radius 1 is 0.973 bits per heavy atom. The third-order valence-electron chi connectivity index (χ3n) is 8.47. The van der Waals surface area contributed by atoms with Crippen LogP contribution < -0.4 is 10.2 Å². The van der Waals surface area contributed by atoms with Crippen LogP contribution in [0, 0.1) is 5.41 Å². The summed E-state index contributed by atoms with van der Waals surface area (Å²) in [5, 5.41) is 3.57. The number of nitrogens with zero attached hydrogens (tertiary/aromatic N) is 3. The zero-order valence-corrected chi connectivity index (χ0v) is 21.6. The van der Waals surface area contributed by atoms with Crippen molar-refractivity contribution < 1.29 is 9.59 Å². The topological polar surface area (TPSA) is 65.5 Å². The highest BCUT2D eigenvalue weighted by molar-refractivity contribution is 6.33. The molecule has 2 saturated heterocycles. The molecule has 6 nitrogen and oxygen atoms in total. The van der Waals surface area contributed by atoms with E-state index in [1.807, 2.05) is 42.7 Å². The fourth-order valence-electron chi connectivity index (χ4n) is 6.28. The van der Waals surface area contributed by atoms with E-state index in [0.29, 0.717) is 10.6 Å². The van der Waals surface area contributed by atoms with Crippen LogP contribution in [-0.4, -0.2) is 47.9 Å². The summed E-state index contributed by atoms with van der Waals surface area (Å²) in [4.78, 5) is 34.8. The Hall–Kier alpha value is -3.38. The molecule has 0 bridgehead atoms. The minimum atomic E-state index is -0.166. The number of amides is 2. The Morgan fingerprint density at radius 2 is 1.73 bits per heavy atom. The molecule has 2 aliphatic heterocycles. The highest BCUT2D eigenvalue weighted by atomic mass is 35.5.